The molecule has 0 radical (unpaired) electrons. The Bertz CT molecular complexity index is 546. The van der Waals surface area contributed by atoms with Crippen molar-refractivity contribution in [1.29, 1.82) is 0 Å². The van der Waals surface area contributed by atoms with Crippen molar-refractivity contribution in [2.45, 2.75) is 26.3 Å². The first-order chi connectivity index (χ1) is 9.38. The van der Waals surface area contributed by atoms with E-state index in [4.69, 9.17) is 0 Å². The van der Waals surface area contributed by atoms with Crippen molar-refractivity contribution >= 4 is 17.5 Å². The van der Waals surface area contributed by atoms with Gasteiger partial charge in [0.15, 0.2) is 0 Å². The number of amides is 2. The van der Waals surface area contributed by atoms with Crippen molar-refractivity contribution < 1.29 is 18.4 Å². The monoisotopic (exact) mass is 282 g/mol. The number of nitrogens with one attached hydrogen (secondary N) is 1. The molecule has 1 aliphatic heterocycles. The molecule has 2 amide bonds. The van der Waals surface area contributed by atoms with Gasteiger partial charge in [-0.25, -0.2) is 8.78 Å². The lowest BCUT2D eigenvalue weighted by Crippen LogP contribution is -2.33. The maximum absolute atomic E-state index is 13.4. The first kappa shape index (κ1) is 14.4. The number of hydrogen-bond acceptors (Lipinski definition) is 2. The summed E-state index contributed by atoms with van der Waals surface area (Å²) in [5, 5.41) is 2.40. The standard InChI is InChI=1S/C14H16F2N2O2/c1-8(2)18-7-9(5-13(18)19)14(20)17-12-4-3-10(15)6-11(12)16/h3-4,6,8-9H,5,7H2,1-2H3,(H,17,20). The van der Waals surface area contributed by atoms with Gasteiger partial charge in [0, 0.05) is 25.1 Å². The highest BCUT2D eigenvalue weighted by Gasteiger charge is 2.35. The van der Waals surface area contributed by atoms with Gasteiger partial charge in [-0.15, -0.1) is 0 Å². The van der Waals surface area contributed by atoms with Crippen LogP contribution in [0.15, 0.2) is 18.2 Å². The molecule has 0 bridgehead atoms. The Balaban J connectivity index is 2.04. The largest absolute Gasteiger partial charge is 0.339 e. The SMILES string of the molecule is CC(C)N1CC(C(=O)Nc2ccc(F)cc2F)CC1=O. The Morgan fingerprint density at radius 3 is 2.65 bits per heavy atom. The number of carbonyl (C=O) groups is 2. The highest BCUT2D eigenvalue weighted by atomic mass is 19.1. The average Bonchev–Trinajstić information content (AvgIpc) is 2.75. The van der Waals surface area contributed by atoms with Gasteiger partial charge in [0.2, 0.25) is 11.8 Å². The first-order valence-corrected chi connectivity index (χ1v) is 6.44. The molecule has 108 valence electrons. The van der Waals surface area contributed by atoms with Crippen LogP contribution in [0.1, 0.15) is 20.3 Å². The number of nitrogens with zero attached hydrogens (tertiary/aromatic N) is 1. The Labute approximate surface area is 115 Å². The third-order valence-corrected chi connectivity index (χ3v) is 3.34. The Morgan fingerprint density at radius 1 is 1.40 bits per heavy atom. The van der Waals surface area contributed by atoms with E-state index in [9.17, 15) is 18.4 Å². The van der Waals surface area contributed by atoms with E-state index in [2.05, 4.69) is 5.32 Å². The maximum Gasteiger partial charge on any atom is 0.229 e. The smallest absolute Gasteiger partial charge is 0.229 e. The predicted octanol–water partition coefficient (Wildman–Crippen LogP) is 2.16. The lowest BCUT2D eigenvalue weighted by molar-refractivity contribution is -0.129. The van der Waals surface area contributed by atoms with E-state index in [1.807, 2.05) is 13.8 Å². The minimum Gasteiger partial charge on any atom is -0.339 e. The molecule has 0 saturated carbocycles. The van der Waals surface area contributed by atoms with Crippen LogP contribution in [0.4, 0.5) is 14.5 Å². The summed E-state index contributed by atoms with van der Waals surface area (Å²) in [6, 6.07) is 2.97. The molecular formula is C14H16F2N2O2. The second-order valence-electron chi connectivity index (χ2n) is 5.15. The first-order valence-electron chi connectivity index (χ1n) is 6.44. The van der Waals surface area contributed by atoms with Gasteiger partial charge in [-0.05, 0) is 26.0 Å². The lowest BCUT2D eigenvalue weighted by Gasteiger charge is -2.20. The molecule has 1 atom stereocenters. The van der Waals surface area contributed by atoms with Crippen LogP contribution in [0.2, 0.25) is 0 Å². The zero-order chi connectivity index (χ0) is 14.9. The third-order valence-electron chi connectivity index (χ3n) is 3.34. The van der Waals surface area contributed by atoms with Crippen LogP contribution < -0.4 is 5.32 Å². The molecule has 1 aromatic rings. The molecule has 4 nitrogen and oxygen atoms in total. The number of rotatable bonds is 3. The quantitative estimate of drug-likeness (QED) is 0.923. The van der Waals surface area contributed by atoms with Crippen LogP contribution >= 0.6 is 0 Å². The van der Waals surface area contributed by atoms with E-state index in [0.29, 0.717) is 12.6 Å². The van der Waals surface area contributed by atoms with Crippen molar-refractivity contribution in [2.75, 3.05) is 11.9 Å². The van der Waals surface area contributed by atoms with E-state index >= 15 is 0 Å². The fraction of sp³-hybridized carbons (Fsp3) is 0.429. The zero-order valence-electron chi connectivity index (χ0n) is 11.3. The Morgan fingerprint density at radius 2 is 2.10 bits per heavy atom. The number of carbonyl (C=O) groups excluding carboxylic acids is 2. The predicted molar refractivity (Wildman–Crippen MR) is 69.9 cm³/mol. The number of benzene rings is 1. The summed E-state index contributed by atoms with van der Waals surface area (Å²) in [4.78, 5) is 25.3. The molecule has 6 heteroatoms. The molecule has 1 aromatic carbocycles. The van der Waals surface area contributed by atoms with E-state index in [1.54, 1.807) is 4.90 Å². The fourth-order valence-corrected chi connectivity index (χ4v) is 2.23. The van der Waals surface area contributed by atoms with Crippen molar-refractivity contribution in [3.05, 3.63) is 29.8 Å². The van der Waals surface area contributed by atoms with Crippen molar-refractivity contribution in [2.24, 2.45) is 5.92 Å². The van der Waals surface area contributed by atoms with Crippen molar-refractivity contribution in [1.82, 2.24) is 4.90 Å². The fourth-order valence-electron chi connectivity index (χ4n) is 2.23. The summed E-state index contributed by atoms with van der Waals surface area (Å²) in [5.41, 5.74) is -0.0770. The molecule has 0 spiro atoms. The van der Waals surface area contributed by atoms with Gasteiger partial charge in [0.05, 0.1) is 11.6 Å². The second kappa shape index (κ2) is 5.56. The van der Waals surface area contributed by atoms with Gasteiger partial charge in [0.25, 0.3) is 0 Å². The molecule has 0 aromatic heterocycles. The minimum absolute atomic E-state index is 0.0304. The summed E-state index contributed by atoms with van der Waals surface area (Å²) >= 11 is 0. The Hall–Kier alpha value is -1.98. The lowest BCUT2D eigenvalue weighted by atomic mass is 10.1. The molecule has 1 unspecified atom stereocenters. The van der Waals surface area contributed by atoms with Crippen LogP contribution in [-0.2, 0) is 9.59 Å². The van der Waals surface area contributed by atoms with Gasteiger partial charge >= 0.3 is 0 Å². The van der Waals surface area contributed by atoms with Gasteiger partial charge in [0.1, 0.15) is 11.6 Å². The van der Waals surface area contributed by atoms with Crippen molar-refractivity contribution in [3.63, 3.8) is 0 Å². The molecular weight excluding hydrogens is 266 g/mol. The molecule has 1 fully saturated rings. The van der Waals surface area contributed by atoms with Gasteiger partial charge in [-0.2, -0.15) is 0 Å². The summed E-state index contributed by atoms with van der Waals surface area (Å²) in [5.74, 6) is -2.55. The highest BCUT2D eigenvalue weighted by molar-refractivity contribution is 5.97. The minimum atomic E-state index is -0.830. The zero-order valence-corrected chi connectivity index (χ0v) is 11.3. The van der Waals surface area contributed by atoms with Crippen LogP contribution in [-0.4, -0.2) is 29.3 Å². The summed E-state index contributed by atoms with van der Waals surface area (Å²) < 4.78 is 26.2. The molecule has 0 aliphatic carbocycles. The maximum atomic E-state index is 13.4. The highest BCUT2D eigenvalue weighted by Crippen LogP contribution is 2.23. The number of halogens is 2. The number of anilines is 1. The van der Waals surface area contributed by atoms with E-state index < -0.39 is 23.5 Å². The molecule has 1 saturated heterocycles. The van der Waals surface area contributed by atoms with Crippen LogP contribution in [0, 0.1) is 17.6 Å². The number of hydrogen-bond donors (Lipinski definition) is 1. The topological polar surface area (TPSA) is 49.4 Å². The van der Waals surface area contributed by atoms with Crippen LogP contribution in [0.25, 0.3) is 0 Å². The van der Waals surface area contributed by atoms with E-state index in [1.165, 1.54) is 6.07 Å². The van der Waals surface area contributed by atoms with Gasteiger partial charge < -0.3 is 10.2 Å². The summed E-state index contributed by atoms with van der Waals surface area (Å²) in [7, 11) is 0. The molecule has 1 heterocycles. The molecule has 1 N–H and O–H groups in total. The molecule has 2 rings (SSSR count). The summed E-state index contributed by atoms with van der Waals surface area (Å²) in [6.45, 7) is 4.07. The normalized spacial score (nSPS) is 18.8. The third kappa shape index (κ3) is 2.95. The van der Waals surface area contributed by atoms with E-state index in [-0.39, 0.29) is 24.1 Å². The van der Waals surface area contributed by atoms with Crippen LogP contribution in [0.3, 0.4) is 0 Å². The van der Waals surface area contributed by atoms with Gasteiger partial charge in [-0.3, -0.25) is 9.59 Å². The second-order valence-corrected chi connectivity index (χ2v) is 5.15. The average molecular weight is 282 g/mol. The van der Waals surface area contributed by atoms with Crippen LogP contribution in [0.5, 0.6) is 0 Å². The molecule has 1 aliphatic rings. The Kier molecular flexibility index (Phi) is 4.01. The van der Waals surface area contributed by atoms with Gasteiger partial charge in [-0.1, -0.05) is 0 Å². The number of likely N-dealkylation sites (tertiary alicyclic amines) is 1. The molecule has 20 heavy (non-hydrogen) atoms. The summed E-state index contributed by atoms with van der Waals surface area (Å²) in [6.07, 6.45) is 0.118. The van der Waals surface area contributed by atoms with E-state index in [0.717, 1.165) is 6.07 Å². The van der Waals surface area contributed by atoms with Crippen molar-refractivity contribution in [3.8, 4) is 0 Å².